The van der Waals surface area contributed by atoms with Crippen LogP contribution < -0.4 is 4.74 Å². The SMILES string of the molecule is CC.COC(C)COc1ccccc1. The lowest BCUT2D eigenvalue weighted by molar-refractivity contribution is 0.0717. The van der Waals surface area contributed by atoms with Crippen LogP contribution in [0.3, 0.4) is 0 Å². The molecule has 0 saturated carbocycles. The molecule has 0 heterocycles. The van der Waals surface area contributed by atoms with Gasteiger partial charge in [-0.25, -0.2) is 0 Å². The van der Waals surface area contributed by atoms with Crippen molar-refractivity contribution < 1.29 is 9.47 Å². The summed E-state index contributed by atoms with van der Waals surface area (Å²) in [6, 6.07) is 9.73. The Morgan fingerprint density at radius 1 is 1.14 bits per heavy atom. The monoisotopic (exact) mass is 196 g/mol. The smallest absolute Gasteiger partial charge is 0.119 e. The lowest BCUT2D eigenvalue weighted by Gasteiger charge is -2.10. The average Bonchev–Trinajstić information content (AvgIpc) is 2.30. The Morgan fingerprint density at radius 2 is 1.71 bits per heavy atom. The van der Waals surface area contributed by atoms with Crippen molar-refractivity contribution >= 4 is 0 Å². The van der Waals surface area contributed by atoms with Crippen LogP contribution in [-0.2, 0) is 4.74 Å². The van der Waals surface area contributed by atoms with Crippen molar-refractivity contribution in [3.8, 4) is 5.75 Å². The van der Waals surface area contributed by atoms with Gasteiger partial charge >= 0.3 is 0 Å². The maximum Gasteiger partial charge on any atom is 0.119 e. The fourth-order valence-corrected chi connectivity index (χ4v) is 0.798. The summed E-state index contributed by atoms with van der Waals surface area (Å²) in [5.41, 5.74) is 0. The van der Waals surface area contributed by atoms with Crippen molar-refractivity contribution in [1.82, 2.24) is 0 Å². The van der Waals surface area contributed by atoms with Crippen LogP contribution in [0.4, 0.5) is 0 Å². The molecule has 0 radical (unpaired) electrons. The second-order valence-corrected chi connectivity index (χ2v) is 2.67. The predicted molar refractivity (Wildman–Crippen MR) is 59.8 cm³/mol. The Morgan fingerprint density at radius 3 is 2.21 bits per heavy atom. The molecule has 1 aromatic carbocycles. The van der Waals surface area contributed by atoms with Gasteiger partial charge < -0.3 is 9.47 Å². The Labute approximate surface area is 86.9 Å². The molecule has 2 heteroatoms. The second-order valence-electron chi connectivity index (χ2n) is 2.67. The summed E-state index contributed by atoms with van der Waals surface area (Å²) in [4.78, 5) is 0. The summed E-state index contributed by atoms with van der Waals surface area (Å²) < 4.78 is 10.5. The highest BCUT2D eigenvalue weighted by molar-refractivity contribution is 5.20. The highest BCUT2D eigenvalue weighted by Gasteiger charge is 1.98. The minimum Gasteiger partial charge on any atom is -0.491 e. The first-order chi connectivity index (χ1) is 6.83. The van der Waals surface area contributed by atoms with Gasteiger partial charge in [0, 0.05) is 7.11 Å². The topological polar surface area (TPSA) is 18.5 Å². The Bertz CT molecular complexity index is 209. The first-order valence-corrected chi connectivity index (χ1v) is 5.03. The van der Waals surface area contributed by atoms with E-state index in [1.165, 1.54) is 0 Å². The molecule has 1 rings (SSSR count). The maximum absolute atomic E-state index is 5.43. The van der Waals surface area contributed by atoms with E-state index >= 15 is 0 Å². The van der Waals surface area contributed by atoms with Gasteiger partial charge in [0.2, 0.25) is 0 Å². The van der Waals surface area contributed by atoms with Gasteiger partial charge in [-0.2, -0.15) is 0 Å². The van der Waals surface area contributed by atoms with Crippen LogP contribution in [0.5, 0.6) is 5.75 Å². The summed E-state index contributed by atoms with van der Waals surface area (Å²) in [5, 5.41) is 0. The van der Waals surface area contributed by atoms with E-state index in [9.17, 15) is 0 Å². The molecule has 2 nitrogen and oxygen atoms in total. The first kappa shape index (κ1) is 13.0. The standard InChI is InChI=1S/C10H14O2.C2H6/c1-9(11-2)8-12-10-6-4-3-5-7-10;1-2/h3-7,9H,8H2,1-2H3;1-2H3. The third-order valence-corrected chi connectivity index (χ3v) is 1.63. The van der Waals surface area contributed by atoms with Crippen LogP contribution in [-0.4, -0.2) is 19.8 Å². The number of hydrogen-bond acceptors (Lipinski definition) is 2. The van der Waals surface area contributed by atoms with Crippen molar-refractivity contribution in [2.75, 3.05) is 13.7 Å². The average molecular weight is 196 g/mol. The molecule has 80 valence electrons. The molecule has 0 aliphatic carbocycles. The Balaban J connectivity index is 0.000000791. The molecule has 0 saturated heterocycles. The molecule has 0 aliphatic rings. The van der Waals surface area contributed by atoms with E-state index < -0.39 is 0 Å². The van der Waals surface area contributed by atoms with Gasteiger partial charge in [0.05, 0.1) is 6.10 Å². The van der Waals surface area contributed by atoms with Crippen LogP contribution in [0.2, 0.25) is 0 Å². The Hall–Kier alpha value is -1.02. The number of hydrogen-bond donors (Lipinski definition) is 0. The summed E-state index contributed by atoms with van der Waals surface area (Å²) in [6.07, 6.45) is 0.144. The molecule has 0 N–H and O–H groups in total. The summed E-state index contributed by atoms with van der Waals surface area (Å²) in [6.45, 7) is 6.57. The third-order valence-electron chi connectivity index (χ3n) is 1.63. The number of methoxy groups -OCH3 is 1. The van der Waals surface area contributed by atoms with E-state index in [2.05, 4.69) is 0 Å². The van der Waals surface area contributed by atoms with E-state index in [-0.39, 0.29) is 6.10 Å². The normalized spacial score (nSPS) is 11.1. The highest BCUT2D eigenvalue weighted by atomic mass is 16.5. The van der Waals surface area contributed by atoms with Crippen LogP contribution in [0.25, 0.3) is 0 Å². The zero-order valence-corrected chi connectivity index (χ0v) is 9.49. The van der Waals surface area contributed by atoms with Crippen molar-refractivity contribution in [3.63, 3.8) is 0 Å². The minimum atomic E-state index is 0.144. The van der Waals surface area contributed by atoms with E-state index in [0.29, 0.717) is 6.61 Å². The molecule has 0 aliphatic heterocycles. The van der Waals surface area contributed by atoms with E-state index in [1.54, 1.807) is 7.11 Å². The molecule has 0 spiro atoms. The van der Waals surface area contributed by atoms with E-state index in [4.69, 9.17) is 9.47 Å². The maximum atomic E-state index is 5.43. The van der Waals surface area contributed by atoms with Crippen LogP contribution in [0, 0.1) is 0 Å². The largest absolute Gasteiger partial charge is 0.491 e. The van der Waals surface area contributed by atoms with Crippen molar-refractivity contribution in [2.45, 2.75) is 26.9 Å². The zero-order chi connectivity index (χ0) is 10.8. The zero-order valence-electron chi connectivity index (χ0n) is 9.49. The third kappa shape index (κ3) is 5.60. The quantitative estimate of drug-likeness (QED) is 0.736. The van der Waals surface area contributed by atoms with Gasteiger partial charge in [-0.3, -0.25) is 0 Å². The Kier molecular flexibility index (Phi) is 7.95. The number of rotatable bonds is 4. The first-order valence-electron chi connectivity index (χ1n) is 5.03. The number of benzene rings is 1. The van der Waals surface area contributed by atoms with Gasteiger partial charge in [0.15, 0.2) is 0 Å². The van der Waals surface area contributed by atoms with E-state index in [1.807, 2.05) is 51.1 Å². The predicted octanol–water partition coefficient (Wildman–Crippen LogP) is 3.13. The van der Waals surface area contributed by atoms with Crippen molar-refractivity contribution in [1.29, 1.82) is 0 Å². The number of ether oxygens (including phenoxy) is 2. The van der Waals surface area contributed by atoms with Gasteiger partial charge in [0.1, 0.15) is 12.4 Å². The van der Waals surface area contributed by atoms with Crippen molar-refractivity contribution in [3.05, 3.63) is 30.3 Å². The van der Waals surface area contributed by atoms with Crippen LogP contribution in [0.15, 0.2) is 30.3 Å². The lowest BCUT2D eigenvalue weighted by atomic mass is 10.3. The van der Waals surface area contributed by atoms with E-state index in [0.717, 1.165) is 5.75 Å². The van der Waals surface area contributed by atoms with Gasteiger partial charge in [-0.05, 0) is 19.1 Å². The summed E-state index contributed by atoms with van der Waals surface area (Å²) >= 11 is 0. The molecular formula is C12H20O2. The second kappa shape index (κ2) is 8.57. The molecule has 0 amide bonds. The molecule has 0 bridgehead atoms. The van der Waals surface area contributed by atoms with Crippen LogP contribution >= 0.6 is 0 Å². The molecule has 1 atom stereocenters. The fraction of sp³-hybridized carbons (Fsp3) is 0.500. The van der Waals surface area contributed by atoms with Gasteiger partial charge in [-0.1, -0.05) is 32.0 Å². The molecule has 0 aromatic heterocycles. The van der Waals surface area contributed by atoms with Crippen molar-refractivity contribution in [2.24, 2.45) is 0 Å². The van der Waals surface area contributed by atoms with Crippen LogP contribution in [0.1, 0.15) is 20.8 Å². The molecule has 1 aromatic rings. The highest BCUT2D eigenvalue weighted by Crippen LogP contribution is 2.08. The summed E-state index contributed by atoms with van der Waals surface area (Å²) in [7, 11) is 1.68. The molecule has 0 fully saturated rings. The summed E-state index contributed by atoms with van der Waals surface area (Å²) in [5.74, 6) is 0.890. The lowest BCUT2D eigenvalue weighted by Crippen LogP contribution is -2.15. The minimum absolute atomic E-state index is 0.144. The molecule has 1 unspecified atom stereocenters. The molecule has 14 heavy (non-hydrogen) atoms. The fourth-order valence-electron chi connectivity index (χ4n) is 0.798. The number of para-hydroxylation sites is 1. The van der Waals surface area contributed by atoms with Gasteiger partial charge in [-0.15, -0.1) is 0 Å². The molecular weight excluding hydrogens is 176 g/mol. The van der Waals surface area contributed by atoms with Gasteiger partial charge in [0.25, 0.3) is 0 Å².